The van der Waals surface area contributed by atoms with Crippen LogP contribution in [0.5, 0.6) is 0 Å². The molecule has 0 aliphatic carbocycles. The maximum atomic E-state index is 12.4. The van der Waals surface area contributed by atoms with Crippen molar-refractivity contribution in [1.29, 1.82) is 0 Å². The molecule has 0 radical (unpaired) electrons. The van der Waals surface area contributed by atoms with Crippen molar-refractivity contribution in [2.45, 2.75) is 18.9 Å². The highest BCUT2D eigenvalue weighted by molar-refractivity contribution is 7.85. The molecule has 5 nitrogen and oxygen atoms in total. The van der Waals surface area contributed by atoms with Gasteiger partial charge in [-0.05, 0) is 24.4 Å². The molecule has 7 heteroatoms. The van der Waals surface area contributed by atoms with E-state index in [0.717, 1.165) is 29.1 Å². The molecule has 1 aliphatic rings. The quantitative estimate of drug-likeness (QED) is 0.926. The Labute approximate surface area is 142 Å². The smallest absolute Gasteiger partial charge is 0.322 e. The summed E-state index contributed by atoms with van der Waals surface area (Å²) in [6.07, 6.45) is 1.60. The molecule has 2 aromatic rings. The Hall–Kier alpha value is -1.73. The Kier molecular flexibility index (Phi) is 5.07. The fraction of sp³-hybridized carbons (Fsp3) is 0.375. The van der Waals surface area contributed by atoms with Crippen LogP contribution in [0.3, 0.4) is 0 Å². The molecule has 1 fully saturated rings. The van der Waals surface area contributed by atoms with Gasteiger partial charge < -0.3 is 4.90 Å². The van der Waals surface area contributed by atoms with E-state index in [9.17, 15) is 9.00 Å². The number of anilines is 1. The van der Waals surface area contributed by atoms with Crippen LogP contribution in [0.25, 0.3) is 11.3 Å². The molecule has 0 bridgehead atoms. The molecule has 0 unspecified atom stereocenters. The maximum absolute atomic E-state index is 12.4. The number of carbonyl (C=O) groups excluding carboxylic acids is 1. The molecule has 2 amide bonds. The average Bonchev–Trinajstić information content (AvgIpc) is 3.04. The minimum atomic E-state index is -0.713. The lowest BCUT2D eigenvalue weighted by atomic mass is 10.1. The number of carbonyl (C=O) groups is 1. The highest BCUT2D eigenvalue weighted by atomic mass is 32.2. The molecule has 23 heavy (non-hydrogen) atoms. The summed E-state index contributed by atoms with van der Waals surface area (Å²) >= 11 is 1.28. The average molecular weight is 349 g/mol. The van der Waals surface area contributed by atoms with Gasteiger partial charge in [0.2, 0.25) is 0 Å². The molecule has 1 aromatic carbocycles. The Balaban J connectivity index is 1.62. The lowest BCUT2D eigenvalue weighted by Gasteiger charge is -2.30. The van der Waals surface area contributed by atoms with Crippen molar-refractivity contribution in [2.24, 2.45) is 0 Å². The van der Waals surface area contributed by atoms with Gasteiger partial charge in [-0.15, -0.1) is 0 Å². The number of urea groups is 1. The van der Waals surface area contributed by atoms with Crippen molar-refractivity contribution >= 4 is 33.4 Å². The summed E-state index contributed by atoms with van der Waals surface area (Å²) in [5, 5.41) is 3.64. The first-order valence-corrected chi connectivity index (χ1v) is 9.80. The fourth-order valence-corrected chi connectivity index (χ4v) is 4.53. The number of nitrogens with zero attached hydrogens (tertiary/aromatic N) is 2. The summed E-state index contributed by atoms with van der Waals surface area (Å²) in [4.78, 5) is 14.1. The van der Waals surface area contributed by atoms with E-state index in [1.165, 1.54) is 11.5 Å². The molecule has 1 aromatic heterocycles. The van der Waals surface area contributed by atoms with Gasteiger partial charge in [0.1, 0.15) is 5.00 Å². The predicted octanol–water partition coefficient (Wildman–Crippen LogP) is 3.18. The number of hydrogen-bond acceptors (Lipinski definition) is 4. The first-order chi connectivity index (χ1) is 11.1. The van der Waals surface area contributed by atoms with Crippen LogP contribution in [0, 0.1) is 0 Å². The van der Waals surface area contributed by atoms with Crippen molar-refractivity contribution in [3.05, 3.63) is 36.4 Å². The minimum Gasteiger partial charge on any atom is -0.325 e. The summed E-state index contributed by atoms with van der Waals surface area (Å²) in [5.74, 6) is 1.36. The zero-order chi connectivity index (χ0) is 16.2. The Morgan fingerprint density at radius 1 is 1.30 bits per heavy atom. The van der Waals surface area contributed by atoms with Gasteiger partial charge in [-0.25, -0.2) is 4.79 Å². The highest BCUT2D eigenvalue weighted by Crippen LogP contribution is 2.25. The van der Waals surface area contributed by atoms with E-state index in [1.807, 2.05) is 36.4 Å². The molecule has 1 saturated heterocycles. The van der Waals surface area contributed by atoms with Crippen LogP contribution in [0.1, 0.15) is 12.8 Å². The van der Waals surface area contributed by atoms with E-state index < -0.39 is 10.8 Å². The van der Waals surface area contributed by atoms with Crippen LogP contribution in [0.15, 0.2) is 36.4 Å². The van der Waals surface area contributed by atoms with Gasteiger partial charge in [-0.1, -0.05) is 30.3 Å². The number of rotatable bonds is 3. The SMILES string of the molecule is CN(C(=O)Nc1cc(-c2ccccc2)ns1)C1CCS(=O)CC1. The van der Waals surface area contributed by atoms with E-state index in [1.54, 1.807) is 11.9 Å². The van der Waals surface area contributed by atoms with Crippen LogP contribution in [0.2, 0.25) is 0 Å². The zero-order valence-corrected chi connectivity index (χ0v) is 14.5. The molecule has 0 spiro atoms. The summed E-state index contributed by atoms with van der Waals surface area (Å²) < 4.78 is 15.8. The first kappa shape index (κ1) is 16.1. The molecule has 1 N–H and O–H groups in total. The topological polar surface area (TPSA) is 62.3 Å². The lowest BCUT2D eigenvalue weighted by Crippen LogP contribution is -2.43. The van der Waals surface area contributed by atoms with Crippen molar-refractivity contribution < 1.29 is 9.00 Å². The zero-order valence-electron chi connectivity index (χ0n) is 12.9. The lowest BCUT2D eigenvalue weighted by molar-refractivity contribution is 0.200. The molecule has 3 rings (SSSR count). The van der Waals surface area contributed by atoms with Crippen molar-refractivity contribution in [3.8, 4) is 11.3 Å². The molecule has 0 atom stereocenters. The van der Waals surface area contributed by atoms with Gasteiger partial charge in [-0.3, -0.25) is 9.53 Å². The van der Waals surface area contributed by atoms with Crippen LogP contribution in [0.4, 0.5) is 9.80 Å². The standard InChI is InChI=1S/C16H19N3O2S2/c1-19(13-7-9-23(21)10-8-13)16(20)17-15-11-14(18-22-15)12-5-3-2-4-6-12/h2-6,11,13H,7-10H2,1H3,(H,17,20). The summed E-state index contributed by atoms with van der Waals surface area (Å²) in [6.45, 7) is 0. The number of amides is 2. The number of nitrogens with one attached hydrogen (secondary N) is 1. The third-order valence-corrected chi connectivity index (χ3v) is 6.12. The minimum absolute atomic E-state index is 0.133. The van der Waals surface area contributed by atoms with Gasteiger partial charge in [0, 0.05) is 47.0 Å². The maximum Gasteiger partial charge on any atom is 0.322 e. The second-order valence-electron chi connectivity index (χ2n) is 5.56. The fourth-order valence-electron chi connectivity index (χ4n) is 2.61. The predicted molar refractivity (Wildman–Crippen MR) is 95.2 cm³/mol. The Morgan fingerprint density at radius 2 is 2.00 bits per heavy atom. The van der Waals surface area contributed by atoms with Crippen LogP contribution in [-0.2, 0) is 10.8 Å². The summed E-state index contributed by atoms with van der Waals surface area (Å²) in [6, 6.07) is 11.8. The summed E-state index contributed by atoms with van der Waals surface area (Å²) in [7, 11) is 1.09. The molecular weight excluding hydrogens is 330 g/mol. The van der Waals surface area contributed by atoms with Gasteiger partial charge in [0.25, 0.3) is 0 Å². The molecule has 0 saturated carbocycles. The molecule has 1 aliphatic heterocycles. The van der Waals surface area contributed by atoms with Crippen molar-refractivity contribution in [2.75, 3.05) is 23.9 Å². The Morgan fingerprint density at radius 3 is 2.70 bits per heavy atom. The van der Waals surface area contributed by atoms with E-state index in [0.29, 0.717) is 11.5 Å². The largest absolute Gasteiger partial charge is 0.325 e. The van der Waals surface area contributed by atoms with E-state index in [4.69, 9.17) is 0 Å². The molecule has 2 heterocycles. The first-order valence-electron chi connectivity index (χ1n) is 7.54. The summed E-state index contributed by atoms with van der Waals surface area (Å²) in [5.41, 5.74) is 1.90. The third kappa shape index (κ3) is 3.97. The van der Waals surface area contributed by atoms with Crippen LogP contribution >= 0.6 is 11.5 Å². The van der Waals surface area contributed by atoms with E-state index in [-0.39, 0.29) is 12.1 Å². The van der Waals surface area contributed by atoms with Crippen molar-refractivity contribution in [3.63, 3.8) is 0 Å². The van der Waals surface area contributed by atoms with Gasteiger partial charge >= 0.3 is 6.03 Å². The number of benzene rings is 1. The van der Waals surface area contributed by atoms with Crippen molar-refractivity contribution in [1.82, 2.24) is 9.27 Å². The van der Waals surface area contributed by atoms with E-state index >= 15 is 0 Å². The van der Waals surface area contributed by atoms with Crippen LogP contribution < -0.4 is 5.32 Å². The van der Waals surface area contributed by atoms with Gasteiger partial charge in [0.05, 0.1) is 5.69 Å². The molecule has 122 valence electrons. The number of hydrogen-bond donors (Lipinski definition) is 1. The number of aromatic nitrogens is 1. The van der Waals surface area contributed by atoms with Gasteiger partial charge in [0.15, 0.2) is 0 Å². The third-order valence-electron chi connectivity index (χ3n) is 4.04. The van der Waals surface area contributed by atoms with Gasteiger partial charge in [-0.2, -0.15) is 4.37 Å². The van der Waals surface area contributed by atoms with E-state index in [2.05, 4.69) is 9.69 Å². The Bertz CT molecular complexity index is 692. The molecular formula is C16H19N3O2S2. The second kappa shape index (κ2) is 7.23. The highest BCUT2D eigenvalue weighted by Gasteiger charge is 2.25. The monoisotopic (exact) mass is 349 g/mol. The normalized spacial score (nSPS) is 20.9. The second-order valence-corrected chi connectivity index (χ2v) is 8.06. The van der Waals surface area contributed by atoms with Crippen LogP contribution in [-0.4, -0.2) is 44.1 Å².